The zero-order valence-electron chi connectivity index (χ0n) is 33.5. The number of benzene rings is 4. The molecule has 8 N–H and O–H groups in total. The minimum atomic E-state index is -4.84. The van der Waals surface area contributed by atoms with Crippen LogP contribution < -0.4 is 31.9 Å². The van der Waals surface area contributed by atoms with Crippen LogP contribution in [0.2, 0.25) is 0 Å². The first-order valence-electron chi connectivity index (χ1n) is 18.9. The molecular formula is C40H44N12O8S2. The fourth-order valence-corrected chi connectivity index (χ4v) is 7.07. The van der Waals surface area contributed by atoms with Gasteiger partial charge in [0, 0.05) is 63.3 Å². The van der Waals surface area contributed by atoms with Crippen LogP contribution in [0.25, 0.3) is 12.2 Å². The molecule has 22 heteroatoms. The number of nitrogens with one attached hydrogen (secondary N) is 6. The molecular weight excluding hydrogens is 841 g/mol. The molecule has 20 nitrogen and oxygen atoms in total. The summed E-state index contributed by atoms with van der Waals surface area (Å²) >= 11 is 0. The van der Waals surface area contributed by atoms with Crippen LogP contribution >= 0.6 is 0 Å². The number of anilines is 10. The molecule has 4 aromatic carbocycles. The van der Waals surface area contributed by atoms with Crippen molar-refractivity contribution in [2.45, 2.75) is 22.6 Å². The van der Waals surface area contributed by atoms with Crippen LogP contribution in [0.3, 0.4) is 0 Å². The van der Waals surface area contributed by atoms with Crippen molar-refractivity contribution in [1.82, 2.24) is 29.9 Å². The third-order valence-corrected chi connectivity index (χ3v) is 10.3. The Morgan fingerprint density at radius 2 is 0.823 bits per heavy atom. The SMILES string of the molecule is COCCCNc1nc(Nc2ccccc2)nc(Nc2ccc(/C=C/c3ccc(Nc4nc(NCCCOC)nc(Nc5ccccc5)n4)cc3S(=O)(=O)O)c(S(=O)(=O)O)c2)n1. The maximum Gasteiger partial charge on any atom is 0.295 e. The molecule has 2 heterocycles. The Balaban J connectivity index is 1.26. The lowest BCUT2D eigenvalue weighted by Gasteiger charge is -2.13. The van der Waals surface area contributed by atoms with Gasteiger partial charge in [0.2, 0.25) is 35.7 Å². The molecule has 0 unspecified atom stereocenters. The van der Waals surface area contributed by atoms with E-state index in [0.29, 0.717) is 50.5 Å². The van der Waals surface area contributed by atoms with Crippen LogP contribution in [0.4, 0.5) is 58.4 Å². The quantitative estimate of drug-likeness (QED) is 0.0203. The van der Waals surface area contributed by atoms with Crippen LogP contribution in [0, 0.1) is 0 Å². The number of hydrogen-bond acceptors (Lipinski definition) is 18. The minimum absolute atomic E-state index is 0.00159. The van der Waals surface area contributed by atoms with Crippen molar-refractivity contribution in [3.8, 4) is 0 Å². The molecule has 324 valence electrons. The van der Waals surface area contributed by atoms with Crippen LogP contribution in [0.1, 0.15) is 24.0 Å². The molecule has 62 heavy (non-hydrogen) atoms. The second-order valence-electron chi connectivity index (χ2n) is 13.2. The molecule has 0 saturated carbocycles. The van der Waals surface area contributed by atoms with Gasteiger partial charge in [-0.25, -0.2) is 0 Å². The summed E-state index contributed by atoms with van der Waals surface area (Å²) in [5.41, 5.74) is 1.82. The topological polar surface area (TPSA) is 277 Å². The van der Waals surface area contributed by atoms with E-state index >= 15 is 0 Å². The number of rotatable bonds is 22. The monoisotopic (exact) mass is 884 g/mol. The van der Waals surface area contributed by atoms with Crippen molar-refractivity contribution in [3.05, 3.63) is 108 Å². The van der Waals surface area contributed by atoms with E-state index in [1.165, 1.54) is 48.6 Å². The molecule has 0 bridgehead atoms. The zero-order valence-corrected chi connectivity index (χ0v) is 35.1. The first-order valence-corrected chi connectivity index (χ1v) is 21.8. The van der Waals surface area contributed by atoms with Gasteiger partial charge in [0.25, 0.3) is 20.2 Å². The summed E-state index contributed by atoms with van der Waals surface area (Å²) in [6, 6.07) is 26.6. The summed E-state index contributed by atoms with van der Waals surface area (Å²) in [6.45, 7) is 2.03. The summed E-state index contributed by atoms with van der Waals surface area (Å²) in [5, 5.41) is 18.4. The summed E-state index contributed by atoms with van der Waals surface area (Å²) in [4.78, 5) is 25.5. The van der Waals surface area contributed by atoms with Gasteiger partial charge in [-0.2, -0.15) is 46.7 Å². The fourth-order valence-electron chi connectivity index (χ4n) is 5.65. The van der Waals surface area contributed by atoms with Crippen molar-refractivity contribution in [3.63, 3.8) is 0 Å². The van der Waals surface area contributed by atoms with Gasteiger partial charge in [-0.05, 0) is 72.5 Å². The first kappa shape index (κ1) is 44.7. The van der Waals surface area contributed by atoms with Gasteiger partial charge in [-0.15, -0.1) is 0 Å². The van der Waals surface area contributed by atoms with Gasteiger partial charge in [0.05, 0.1) is 0 Å². The summed E-state index contributed by atoms with van der Waals surface area (Å²) in [6.07, 6.45) is 3.92. The van der Waals surface area contributed by atoms with E-state index in [1.54, 1.807) is 14.2 Å². The number of para-hydroxylation sites is 2. The highest BCUT2D eigenvalue weighted by molar-refractivity contribution is 7.86. The van der Waals surface area contributed by atoms with Crippen molar-refractivity contribution in [2.24, 2.45) is 0 Å². The van der Waals surface area contributed by atoms with E-state index in [1.807, 2.05) is 60.7 Å². The number of nitrogens with zero attached hydrogens (tertiary/aromatic N) is 6. The second kappa shape index (κ2) is 21.1. The predicted octanol–water partition coefficient (Wildman–Crippen LogP) is 6.59. The highest BCUT2D eigenvalue weighted by atomic mass is 32.2. The van der Waals surface area contributed by atoms with Crippen molar-refractivity contribution >= 4 is 90.8 Å². The fraction of sp³-hybridized carbons (Fsp3) is 0.200. The van der Waals surface area contributed by atoms with Gasteiger partial charge >= 0.3 is 0 Å². The summed E-state index contributed by atoms with van der Waals surface area (Å²) in [7, 11) is -6.48. The lowest BCUT2D eigenvalue weighted by Crippen LogP contribution is -2.12. The lowest BCUT2D eigenvalue weighted by atomic mass is 10.1. The molecule has 6 aromatic rings. The molecule has 0 radical (unpaired) electrons. The highest BCUT2D eigenvalue weighted by Crippen LogP contribution is 2.29. The number of aromatic nitrogens is 6. The van der Waals surface area contributed by atoms with Crippen LogP contribution in [-0.4, -0.2) is 96.4 Å². The largest absolute Gasteiger partial charge is 0.385 e. The molecule has 0 saturated heterocycles. The average Bonchev–Trinajstić information content (AvgIpc) is 3.24. The lowest BCUT2D eigenvalue weighted by molar-refractivity contribution is 0.197. The summed E-state index contributed by atoms with van der Waals surface area (Å²) in [5.74, 6) is 0.967. The predicted molar refractivity (Wildman–Crippen MR) is 237 cm³/mol. The van der Waals surface area contributed by atoms with E-state index in [0.717, 1.165) is 0 Å². The smallest absolute Gasteiger partial charge is 0.295 e. The third kappa shape index (κ3) is 13.3. The molecule has 0 amide bonds. The van der Waals surface area contributed by atoms with Crippen LogP contribution in [0.15, 0.2) is 107 Å². The normalized spacial score (nSPS) is 11.6. The Kier molecular flexibility index (Phi) is 15.2. The van der Waals surface area contributed by atoms with Crippen molar-refractivity contribution in [2.75, 3.05) is 72.4 Å². The van der Waals surface area contributed by atoms with Crippen LogP contribution in [-0.2, 0) is 29.7 Å². The molecule has 0 aliphatic heterocycles. The maximum absolute atomic E-state index is 12.7. The Labute approximate surface area is 358 Å². The minimum Gasteiger partial charge on any atom is -0.385 e. The maximum atomic E-state index is 12.7. The number of methoxy groups -OCH3 is 2. The van der Waals surface area contributed by atoms with Crippen LogP contribution in [0.5, 0.6) is 0 Å². The molecule has 6 rings (SSSR count). The average molecular weight is 885 g/mol. The van der Waals surface area contributed by atoms with Crippen molar-refractivity contribution in [1.29, 1.82) is 0 Å². The molecule has 0 spiro atoms. The highest BCUT2D eigenvalue weighted by Gasteiger charge is 2.19. The molecule has 0 atom stereocenters. The van der Waals surface area contributed by atoms with Gasteiger partial charge in [0.1, 0.15) is 9.79 Å². The Hall–Kier alpha value is -6.82. The third-order valence-electron chi connectivity index (χ3n) is 8.49. The van der Waals surface area contributed by atoms with E-state index in [2.05, 4.69) is 61.8 Å². The van der Waals surface area contributed by atoms with Gasteiger partial charge in [-0.3, -0.25) is 9.11 Å². The van der Waals surface area contributed by atoms with Gasteiger partial charge in [-0.1, -0.05) is 60.7 Å². The summed E-state index contributed by atoms with van der Waals surface area (Å²) < 4.78 is 81.5. The Morgan fingerprint density at radius 3 is 1.16 bits per heavy atom. The standard InChI is InChI=1S/C40H44N12O8S2/c1-59-23-9-21-41-35-47-37(43-29-11-5-3-6-12-29)51-39(49-35)45-31-19-17-27(33(25-31)61(53,54)55)15-16-28-18-20-32(26-34(28)62(56,57)58)46-40-50-36(42-22-10-24-60-2)48-38(52-40)44-30-13-7-4-8-14-30/h3-8,11-20,25-26H,9-10,21-24H2,1-2H3,(H,53,54,55)(H,56,57,58)(H3,41,43,45,47,49,51)(H3,42,44,46,48,50,52)/b16-15+. The van der Waals surface area contributed by atoms with E-state index < -0.39 is 30.0 Å². The van der Waals surface area contributed by atoms with Gasteiger partial charge in [0.15, 0.2) is 0 Å². The first-order chi connectivity index (χ1) is 29.9. The second-order valence-corrected chi connectivity index (χ2v) is 16.0. The van der Waals surface area contributed by atoms with E-state index in [-0.39, 0.29) is 58.2 Å². The molecule has 2 aromatic heterocycles. The molecule has 0 fully saturated rings. The van der Waals surface area contributed by atoms with Crippen molar-refractivity contribution < 1.29 is 35.4 Å². The number of ether oxygens (including phenoxy) is 2. The Bertz CT molecular complexity index is 2510. The zero-order chi connectivity index (χ0) is 44.0. The Morgan fingerprint density at radius 1 is 0.484 bits per heavy atom. The van der Waals surface area contributed by atoms with Gasteiger partial charge < -0.3 is 41.4 Å². The molecule has 0 aliphatic rings. The van der Waals surface area contributed by atoms with E-state index in [9.17, 15) is 25.9 Å². The van der Waals surface area contributed by atoms with E-state index in [4.69, 9.17) is 9.47 Å². The number of hydrogen-bond donors (Lipinski definition) is 8. The molecule has 0 aliphatic carbocycles.